The highest BCUT2D eigenvalue weighted by Gasteiger charge is 2.48. The average Bonchev–Trinajstić information content (AvgIpc) is 3.10. The summed E-state index contributed by atoms with van der Waals surface area (Å²) in [5.41, 5.74) is 1.11. The van der Waals surface area contributed by atoms with Crippen LogP contribution in [0.3, 0.4) is 0 Å². The molecule has 7 nitrogen and oxygen atoms in total. The van der Waals surface area contributed by atoms with Gasteiger partial charge < -0.3 is 15.0 Å². The molecule has 0 bridgehead atoms. The minimum absolute atomic E-state index is 0.0720. The summed E-state index contributed by atoms with van der Waals surface area (Å²) in [6.07, 6.45) is 9.59. The third-order valence-electron chi connectivity index (χ3n) is 7.34. The summed E-state index contributed by atoms with van der Waals surface area (Å²) in [7, 11) is 0. The van der Waals surface area contributed by atoms with Crippen LogP contribution in [0.5, 0.6) is 5.75 Å². The van der Waals surface area contributed by atoms with E-state index < -0.39 is 5.54 Å². The van der Waals surface area contributed by atoms with Crippen LogP contribution >= 0.6 is 0 Å². The number of hydrogen-bond donors (Lipinski definition) is 1. The number of hydrogen-bond acceptors (Lipinski definition) is 4. The van der Waals surface area contributed by atoms with Crippen LogP contribution in [0.1, 0.15) is 89.0 Å². The topological polar surface area (TPSA) is 76.5 Å². The number of aromatic nitrogens is 2. The molecule has 190 valence electrons. The van der Waals surface area contributed by atoms with Crippen molar-refractivity contribution in [3.05, 3.63) is 36.0 Å². The Morgan fingerprint density at radius 3 is 2.60 bits per heavy atom. The van der Waals surface area contributed by atoms with E-state index in [0.717, 1.165) is 56.3 Å². The molecule has 2 heterocycles. The molecule has 0 saturated heterocycles. The van der Waals surface area contributed by atoms with Gasteiger partial charge in [0.2, 0.25) is 5.91 Å². The lowest BCUT2D eigenvalue weighted by Gasteiger charge is -2.43. The van der Waals surface area contributed by atoms with Crippen molar-refractivity contribution < 1.29 is 14.3 Å². The number of rotatable bonds is 9. The molecule has 0 spiro atoms. The van der Waals surface area contributed by atoms with E-state index in [4.69, 9.17) is 9.84 Å². The molecule has 4 rings (SSSR count). The molecule has 2 aliphatic rings. The van der Waals surface area contributed by atoms with E-state index in [-0.39, 0.29) is 17.9 Å². The van der Waals surface area contributed by atoms with Crippen LogP contribution in [0.15, 0.2) is 30.3 Å². The van der Waals surface area contributed by atoms with Crippen molar-refractivity contribution in [3.8, 4) is 17.0 Å². The first-order valence-corrected chi connectivity index (χ1v) is 13.4. The molecule has 1 saturated carbocycles. The first-order chi connectivity index (χ1) is 17.0. The predicted octanol–water partition coefficient (Wildman–Crippen LogP) is 5.19. The molecule has 2 amide bonds. The predicted molar refractivity (Wildman–Crippen MR) is 137 cm³/mol. The third kappa shape index (κ3) is 5.39. The molecule has 1 aliphatic carbocycles. The molecule has 1 aliphatic heterocycles. The van der Waals surface area contributed by atoms with Gasteiger partial charge in [-0.05, 0) is 50.8 Å². The summed E-state index contributed by atoms with van der Waals surface area (Å²) in [4.78, 5) is 29.1. The van der Waals surface area contributed by atoms with Gasteiger partial charge >= 0.3 is 0 Å². The fourth-order valence-electron chi connectivity index (χ4n) is 5.24. The Kier molecular flexibility index (Phi) is 8.14. The Morgan fingerprint density at radius 2 is 1.89 bits per heavy atom. The van der Waals surface area contributed by atoms with Gasteiger partial charge in [-0.1, -0.05) is 58.1 Å². The van der Waals surface area contributed by atoms with Gasteiger partial charge in [0, 0.05) is 18.2 Å². The quantitative estimate of drug-likeness (QED) is 0.396. The highest BCUT2D eigenvalue weighted by molar-refractivity contribution is 6.00. The van der Waals surface area contributed by atoms with Crippen LogP contribution < -0.4 is 10.1 Å². The van der Waals surface area contributed by atoms with Crippen molar-refractivity contribution in [1.29, 1.82) is 0 Å². The Hall–Kier alpha value is -2.83. The maximum absolute atomic E-state index is 13.7. The van der Waals surface area contributed by atoms with Gasteiger partial charge in [0.15, 0.2) is 0 Å². The van der Waals surface area contributed by atoms with E-state index in [0.29, 0.717) is 31.1 Å². The van der Waals surface area contributed by atoms with E-state index in [1.165, 1.54) is 12.8 Å². The number of para-hydroxylation sites is 1. The Balaban J connectivity index is 1.62. The highest BCUT2D eigenvalue weighted by atomic mass is 16.5. The Morgan fingerprint density at radius 1 is 1.14 bits per heavy atom. The van der Waals surface area contributed by atoms with Gasteiger partial charge in [-0.2, -0.15) is 5.10 Å². The van der Waals surface area contributed by atoms with Crippen molar-refractivity contribution >= 4 is 11.8 Å². The number of benzene rings is 1. The summed E-state index contributed by atoms with van der Waals surface area (Å²) < 4.78 is 7.74. The Labute approximate surface area is 209 Å². The van der Waals surface area contributed by atoms with Crippen molar-refractivity contribution in [3.63, 3.8) is 0 Å². The second kappa shape index (κ2) is 11.3. The first-order valence-electron chi connectivity index (χ1n) is 13.4. The maximum Gasteiger partial charge on any atom is 0.273 e. The smallest absolute Gasteiger partial charge is 0.273 e. The van der Waals surface area contributed by atoms with Gasteiger partial charge in [-0.3, -0.25) is 14.3 Å². The van der Waals surface area contributed by atoms with Crippen LogP contribution in [0.2, 0.25) is 0 Å². The molecular formula is C28H40N4O3. The van der Waals surface area contributed by atoms with Crippen molar-refractivity contribution in [1.82, 2.24) is 20.0 Å². The fraction of sp³-hybridized carbons (Fsp3) is 0.607. The molecule has 2 aromatic rings. The third-order valence-corrected chi connectivity index (χ3v) is 7.34. The van der Waals surface area contributed by atoms with E-state index in [2.05, 4.69) is 12.2 Å². The number of fused-ring (bicyclic) bond motifs is 1. The number of nitrogens with one attached hydrogen (secondary N) is 1. The SMILES string of the molecule is CCCCOc1ccccc1-c1cc2n(n1)C[C@@](C)(C(=O)NC1CCCCCC1)N(CCC)C2=O. The maximum atomic E-state index is 13.7. The average molecular weight is 481 g/mol. The second-order valence-electron chi connectivity index (χ2n) is 10.2. The molecule has 1 aromatic heterocycles. The zero-order chi connectivity index (χ0) is 24.8. The second-order valence-corrected chi connectivity index (χ2v) is 10.2. The minimum atomic E-state index is -0.979. The summed E-state index contributed by atoms with van der Waals surface area (Å²) in [6.45, 7) is 7.58. The number of nitrogens with zero attached hydrogens (tertiary/aromatic N) is 3. The summed E-state index contributed by atoms with van der Waals surface area (Å²) in [5.74, 6) is 0.556. The van der Waals surface area contributed by atoms with Crippen LogP contribution in [0, 0.1) is 0 Å². The molecule has 1 N–H and O–H groups in total. The molecule has 1 fully saturated rings. The van der Waals surface area contributed by atoms with E-state index >= 15 is 0 Å². The molecule has 35 heavy (non-hydrogen) atoms. The normalized spacial score (nSPS) is 20.9. The van der Waals surface area contributed by atoms with Gasteiger partial charge in [-0.25, -0.2) is 0 Å². The number of carbonyl (C=O) groups is 2. The van der Waals surface area contributed by atoms with Crippen LogP contribution in [0.4, 0.5) is 0 Å². The number of unbranched alkanes of at least 4 members (excludes halogenated alkanes) is 1. The lowest BCUT2D eigenvalue weighted by atomic mass is 9.93. The molecule has 7 heteroatoms. The Bertz CT molecular complexity index is 1020. The van der Waals surface area contributed by atoms with Crippen molar-refractivity contribution in [2.45, 2.75) is 96.7 Å². The van der Waals surface area contributed by atoms with Gasteiger partial charge in [-0.15, -0.1) is 0 Å². The van der Waals surface area contributed by atoms with Crippen LogP contribution in [-0.2, 0) is 11.3 Å². The first kappa shape index (κ1) is 25.3. The largest absolute Gasteiger partial charge is 0.493 e. The summed E-state index contributed by atoms with van der Waals surface area (Å²) >= 11 is 0. The fourth-order valence-corrected chi connectivity index (χ4v) is 5.24. The standard InChI is InChI=1S/C28H40N4O3/c1-4-6-18-35-25-16-12-11-15-22(25)23-19-24-26(33)31(17-5-2)28(3,20-32(24)30-23)27(34)29-21-13-9-7-8-10-14-21/h11-12,15-16,19,21H,4-10,13-14,17-18,20H2,1-3H3,(H,29,34)/t28-/m0/s1. The molecule has 0 unspecified atom stereocenters. The summed E-state index contributed by atoms with van der Waals surface area (Å²) in [5, 5.41) is 8.09. The monoisotopic (exact) mass is 480 g/mol. The van der Waals surface area contributed by atoms with Gasteiger partial charge in [0.25, 0.3) is 5.91 Å². The number of ether oxygens (including phenoxy) is 1. The van der Waals surface area contributed by atoms with E-state index in [1.54, 1.807) is 9.58 Å². The number of carbonyl (C=O) groups excluding carboxylic acids is 2. The molecule has 0 radical (unpaired) electrons. The van der Waals surface area contributed by atoms with Crippen LogP contribution in [-0.4, -0.2) is 51.2 Å². The van der Waals surface area contributed by atoms with Crippen molar-refractivity contribution in [2.24, 2.45) is 0 Å². The highest BCUT2D eigenvalue weighted by Crippen LogP contribution is 2.34. The molecule has 1 atom stereocenters. The van der Waals surface area contributed by atoms with Crippen LogP contribution in [0.25, 0.3) is 11.3 Å². The van der Waals surface area contributed by atoms with Crippen molar-refractivity contribution in [2.75, 3.05) is 13.2 Å². The lowest BCUT2D eigenvalue weighted by Crippen LogP contribution is -2.65. The summed E-state index contributed by atoms with van der Waals surface area (Å²) in [6, 6.07) is 9.85. The molecule has 1 aromatic carbocycles. The van der Waals surface area contributed by atoms with Gasteiger partial charge in [0.1, 0.15) is 17.0 Å². The lowest BCUT2D eigenvalue weighted by molar-refractivity contribution is -0.134. The van der Waals surface area contributed by atoms with E-state index in [9.17, 15) is 9.59 Å². The molecular weight excluding hydrogens is 440 g/mol. The zero-order valence-electron chi connectivity index (χ0n) is 21.5. The van der Waals surface area contributed by atoms with E-state index in [1.807, 2.05) is 44.2 Å². The zero-order valence-corrected chi connectivity index (χ0v) is 21.5. The van der Waals surface area contributed by atoms with Gasteiger partial charge in [0.05, 0.1) is 18.8 Å². The number of amides is 2. The minimum Gasteiger partial charge on any atom is -0.493 e.